The first-order chi connectivity index (χ1) is 12.8. The highest BCUT2D eigenvalue weighted by Crippen LogP contribution is 2.40. The first kappa shape index (κ1) is 19.8. The minimum absolute atomic E-state index is 0.200. The monoisotopic (exact) mass is 422 g/mol. The Kier molecular flexibility index (Phi) is 5.83. The van der Waals surface area contributed by atoms with Gasteiger partial charge >= 0.3 is 0 Å². The van der Waals surface area contributed by atoms with Crippen molar-refractivity contribution in [2.24, 2.45) is 0 Å². The summed E-state index contributed by atoms with van der Waals surface area (Å²) < 4.78 is 23.7. The number of hydrogen-bond donors (Lipinski definition) is 2. The molecule has 5 nitrogen and oxygen atoms in total. The van der Waals surface area contributed by atoms with Gasteiger partial charge in [-0.15, -0.1) is 0 Å². The molecular weight excluding hydrogens is 404 g/mol. The Labute approximate surface area is 167 Å². The molecule has 0 aliphatic heterocycles. The molecule has 142 valence electrons. The van der Waals surface area contributed by atoms with Crippen molar-refractivity contribution in [3.8, 4) is 0 Å². The van der Waals surface area contributed by atoms with Crippen LogP contribution in [0.2, 0.25) is 5.02 Å². The summed E-state index contributed by atoms with van der Waals surface area (Å²) in [5.41, 5.74) is 0.989. The predicted octanol–water partition coefficient (Wildman–Crippen LogP) is 4.52. The second-order valence-electron chi connectivity index (χ2n) is 6.10. The SMILES string of the molecule is CCCNC(=O)c1[nH]c2cc(S(C)(=O)=O)ccc2c1Sc1ccccc1Cl. The van der Waals surface area contributed by atoms with E-state index >= 15 is 0 Å². The quantitative estimate of drug-likeness (QED) is 0.612. The summed E-state index contributed by atoms with van der Waals surface area (Å²) >= 11 is 7.66. The molecule has 0 spiro atoms. The van der Waals surface area contributed by atoms with Crippen molar-refractivity contribution in [3.63, 3.8) is 0 Å². The number of aromatic amines is 1. The van der Waals surface area contributed by atoms with Crippen LogP contribution in [0.3, 0.4) is 0 Å². The van der Waals surface area contributed by atoms with Crippen LogP contribution in [0.15, 0.2) is 57.2 Å². The smallest absolute Gasteiger partial charge is 0.268 e. The molecule has 0 saturated heterocycles. The number of rotatable bonds is 6. The maximum atomic E-state index is 12.6. The van der Waals surface area contributed by atoms with Crippen molar-refractivity contribution in [1.29, 1.82) is 0 Å². The maximum absolute atomic E-state index is 12.6. The average Bonchev–Trinajstić information content (AvgIpc) is 2.99. The third kappa shape index (κ3) is 4.31. The number of carbonyl (C=O) groups is 1. The van der Waals surface area contributed by atoms with Gasteiger partial charge < -0.3 is 10.3 Å². The third-order valence-corrected chi connectivity index (χ3v) is 6.72. The third-order valence-electron chi connectivity index (χ3n) is 3.96. The minimum Gasteiger partial charge on any atom is -0.351 e. The zero-order valence-corrected chi connectivity index (χ0v) is 17.3. The van der Waals surface area contributed by atoms with Crippen LogP contribution in [0, 0.1) is 0 Å². The number of carbonyl (C=O) groups excluding carboxylic acids is 1. The van der Waals surface area contributed by atoms with Crippen LogP contribution in [0.1, 0.15) is 23.8 Å². The lowest BCUT2D eigenvalue weighted by atomic mass is 10.2. The molecule has 1 heterocycles. The number of benzene rings is 2. The van der Waals surface area contributed by atoms with E-state index in [0.29, 0.717) is 27.7 Å². The van der Waals surface area contributed by atoms with Crippen LogP contribution < -0.4 is 5.32 Å². The molecule has 0 fully saturated rings. The average molecular weight is 423 g/mol. The van der Waals surface area contributed by atoms with Crippen molar-refractivity contribution in [1.82, 2.24) is 10.3 Å². The van der Waals surface area contributed by atoms with E-state index in [1.165, 1.54) is 11.8 Å². The molecule has 3 rings (SSSR count). The van der Waals surface area contributed by atoms with Gasteiger partial charge in [-0.2, -0.15) is 0 Å². The Hall–Kier alpha value is -1.96. The number of H-pyrrole nitrogens is 1. The summed E-state index contributed by atoms with van der Waals surface area (Å²) in [5.74, 6) is -0.233. The van der Waals surface area contributed by atoms with Crippen LogP contribution in [-0.4, -0.2) is 32.1 Å². The Bertz CT molecular complexity index is 1110. The van der Waals surface area contributed by atoms with Crippen molar-refractivity contribution in [2.75, 3.05) is 12.8 Å². The summed E-state index contributed by atoms with van der Waals surface area (Å²) in [6.45, 7) is 2.53. The Morgan fingerprint density at radius 3 is 2.63 bits per heavy atom. The molecule has 3 aromatic rings. The second kappa shape index (κ2) is 7.96. The molecule has 0 unspecified atom stereocenters. The van der Waals surface area contributed by atoms with E-state index in [0.717, 1.165) is 23.0 Å². The van der Waals surface area contributed by atoms with Gasteiger partial charge in [0.05, 0.1) is 14.8 Å². The van der Waals surface area contributed by atoms with E-state index in [9.17, 15) is 13.2 Å². The fourth-order valence-corrected chi connectivity index (χ4v) is 4.58. The molecule has 1 aromatic heterocycles. The minimum atomic E-state index is -3.35. The molecule has 0 saturated carbocycles. The number of amides is 1. The van der Waals surface area contributed by atoms with Gasteiger partial charge in [-0.3, -0.25) is 4.79 Å². The number of fused-ring (bicyclic) bond motifs is 1. The van der Waals surface area contributed by atoms with E-state index in [2.05, 4.69) is 10.3 Å². The zero-order valence-electron chi connectivity index (χ0n) is 14.9. The number of aromatic nitrogens is 1. The number of sulfone groups is 1. The van der Waals surface area contributed by atoms with Gasteiger partial charge in [0, 0.05) is 28.6 Å². The number of hydrogen-bond acceptors (Lipinski definition) is 4. The fourth-order valence-electron chi connectivity index (χ4n) is 2.61. The zero-order chi connectivity index (χ0) is 19.6. The van der Waals surface area contributed by atoms with Gasteiger partial charge in [-0.05, 0) is 30.7 Å². The fraction of sp³-hybridized carbons (Fsp3) is 0.211. The normalized spacial score (nSPS) is 11.7. The lowest BCUT2D eigenvalue weighted by Crippen LogP contribution is -2.24. The molecule has 2 N–H and O–H groups in total. The van der Waals surface area contributed by atoms with Gasteiger partial charge in [-0.1, -0.05) is 48.5 Å². The Morgan fingerprint density at radius 2 is 1.96 bits per heavy atom. The van der Waals surface area contributed by atoms with Crippen LogP contribution >= 0.6 is 23.4 Å². The van der Waals surface area contributed by atoms with Gasteiger partial charge in [0.25, 0.3) is 5.91 Å². The van der Waals surface area contributed by atoms with Crippen molar-refractivity contribution in [3.05, 3.63) is 53.2 Å². The first-order valence-corrected chi connectivity index (χ1v) is 11.5. The highest BCUT2D eigenvalue weighted by molar-refractivity contribution is 7.99. The van der Waals surface area contributed by atoms with Crippen LogP contribution in [0.4, 0.5) is 0 Å². The van der Waals surface area contributed by atoms with E-state index in [-0.39, 0.29) is 10.8 Å². The van der Waals surface area contributed by atoms with E-state index in [4.69, 9.17) is 11.6 Å². The van der Waals surface area contributed by atoms with Crippen LogP contribution in [-0.2, 0) is 9.84 Å². The highest BCUT2D eigenvalue weighted by Gasteiger charge is 2.21. The topological polar surface area (TPSA) is 79.0 Å². The van der Waals surface area contributed by atoms with E-state index < -0.39 is 9.84 Å². The molecule has 0 aliphatic carbocycles. The lowest BCUT2D eigenvalue weighted by molar-refractivity contribution is 0.0946. The lowest BCUT2D eigenvalue weighted by Gasteiger charge is -2.07. The summed E-state index contributed by atoms with van der Waals surface area (Å²) in [5, 5.41) is 4.22. The molecule has 2 aromatic carbocycles. The predicted molar refractivity (Wildman–Crippen MR) is 110 cm³/mol. The molecule has 8 heteroatoms. The van der Waals surface area contributed by atoms with E-state index in [1.807, 2.05) is 25.1 Å². The second-order valence-corrected chi connectivity index (χ2v) is 9.57. The molecule has 0 atom stereocenters. The maximum Gasteiger partial charge on any atom is 0.268 e. The standard InChI is InChI=1S/C19H19ClN2O3S2/c1-3-10-21-19(23)17-18(26-16-7-5-4-6-14(16)20)13-9-8-12(27(2,24)25)11-15(13)22-17/h4-9,11,22H,3,10H2,1-2H3,(H,21,23). The van der Waals surface area contributed by atoms with Crippen molar-refractivity contribution in [2.45, 2.75) is 28.0 Å². The van der Waals surface area contributed by atoms with Gasteiger partial charge in [-0.25, -0.2) is 8.42 Å². The van der Waals surface area contributed by atoms with Crippen LogP contribution in [0.5, 0.6) is 0 Å². The number of nitrogens with one attached hydrogen (secondary N) is 2. The molecule has 1 amide bonds. The molecule has 0 radical (unpaired) electrons. The van der Waals surface area contributed by atoms with E-state index in [1.54, 1.807) is 24.3 Å². The van der Waals surface area contributed by atoms with Gasteiger partial charge in [0.1, 0.15) is 5.69 Å². The van der Waals surface area contributed by atoms with Crippen molar-refractivity contribution >= 4 is 50.0 Å². The number of halogens is 1. The summed E-state index contributed by atoms with van der Waals surface area (Å²) in [6.07, 6.45) is 1.97. The van der Waals surface area contributed by atoms with Gasteiger partial charge in [0.2, 0.25) is 0 Å². The highest BCUT2D eigenvalue weighted by atomic mass is 35.5. The first-order valence-electron chi connectivity index (χ1n) is 8.37. The summed E-state index contributed by atoms with van der Waals surface area (Å²) in [7, 11) is -3.35. The Balaban J connectivity index is 2.15. The van der Waals surface area contributed by atoms with Crippen molar-refractivity contribution < 1.29 is 13.2 Å². The molecule has 27 heavy (non-hydrogen) atoms. The van der Waals surface area contributed by atoms with Gasteiger partial charge in [0.15, 0.2) is 9.84 Å². The molecule has 0 aliphatic rings. The molecule has 0 bridgehead atoms. The summed E-state index contributed by atoms with van der Waals surface area (Å²) in [6, 6.07) is 12.2. The largest absolute Gasteiger partial charge is 0.351 e. The Morgan fingerprint density at radius 1 is 1.22 bits per heavy atom. The summed E-state index contributed by atoms with van der Waals surface area (Å²) in [4.78, 5) is 17.5. The molecular formula is C19H19ClN2O3S2. The van der Waals surface area contributed by atoms with Crippen LogP contribution in [0.25, 0.3) is 10.9 Å².